The highest BCUT2D eigenvalue weighted by Crippen LogP contribution is 2.12. The van der Waals surface area contributed by atoms with Crippen molar-refractivity contribution in [2.75, 3.05) is 26.2 Å². The van der Waals surface area contributed by atoms with Gasteiger partial charge in [0.1, 0.15) is 0 Å². The number of hydrogen-bond donors (Lipinski definition) is 4. The fourth-order valence-corrected chi connectivity index (χ4v) is 3.51. The Kier molecular flexibility index (Phi) is 18.6. The van der Waals surface area contributed by atoms with E-state index in [1.165, 1.54) is 38.5 Å². The second-order valence-electron chi connectivity index (χ2n) is 8.81. The first kappa shape index (κ1) is 28.5. The molecule has 0 rings (SSSR count). The Morgan fingerprint density at radius 1 is 0.633 bits per heavy atom. The molecule has 0 aromatic rings. The summed E-state index contributed by atoms with van der Waals surface area (Å²) >= 11 is 0. The summed E-state index contributed by atoms with van der Waals surface area (Å²) in [5.41, 5.74) is 0. The highest BCUT2D eigenvalue weighted by atomic mass is 16.2. The van der Waals surface area contributed by atoms with Crippen LogP contribution in [-0.4, -0.2) is 38.2 Å². The molecule has 178 valence electrons. The molecule has 0 fully saturated rings. The molecule has 30 heavy (non-hydrogen) atoms. The van der Waals surface area contributed by atoms with Crippen molar-refractivity contribution in [2.24, 2.45) is 17.8 Å². The van der Waals surface area contributed by atoms with E-state index in [1.54, 1.807) is 0 Å². The van der Waals surface area contributed by atoms with Gasteiger partial charge in [-0.25, -0.2) is 9.59 Å². The van der Waals surface area contributed by atoms with E-state index in [-0.39, 0.29) is 12.1 Å². The summed E-state index contributed by atoms with van der Waals surface area (Å²) < 4.78 is 0. The second kappa shape index (κ2) is 19.5. The lowest BCUT2D eigenvalue weighted by atomic mass is 9.99. The fourth-order valence-electron chi connectivity index (χ4n) is 3.51. The van der Waals surface area contributed by atoms with Crippen molar-refractivity contribution in [3.05, 3.63) is 0 Å². The molecule has 4 amide bonds. The minimum Gasteiger partial charge on any atom is -0.338 e. The van der Waals surface area contributed by atoms with E-state index in [2.05, 4.69) is 55.9 Å². The molecular formula is C24H50N4O2. The smallest absolute Gasteiger partial charge is 0.314 e. The van der Waals surface area contributed by atoms with E-state index < -0.39 is 0 Å². The van der Waals surface area contributed by atoms with Gasteiger partial charge in [-0.05, 0) is 43.4 Å². The zero-order valence-electron chi connectivity index (χ0n) is 20.4. The first-order valence-electron chi connectivity index (χ1n) is 12.5. The molecule has 0 heterocycles. The van der Waals surface area contributed by atoms with E-state index in [0.29, 0.717) is 30.8 Å². The molecular weight excluding hydrogens is 376 g/mol. The molecule has 0 aromatic carbocycles. The van der Waals surface area contributed by atoms with Gasteiger partial charge in [0, 0.05) is 26.2 Å². The van der Waals surface area contributed by atoms with E-state index >= 15 is 0 Å². The van der Waals surface area contributed by atoms with Crippen LogP contribution in [0.4, 0.5) is 9.59 Å². The average molecular weight is 427 g/mol. The van der Waals surface area contributed by atoms with Gasteiger partial charge < -0.3 is 21.3 Å². The Labute approximate surface area is 186 Å². The molecule has 0 spiro atoms. The molecule has 0 aliphatic carbocycles. The number of nitrogens with one attached hydrogen (secondary N) is 4. The molecule has 0 aliphatic rings. The Hall–Kier alpha value is -1.46. The van der Waals surface area contributed by atoms with Crippen LogP contribution < -0.4 is 21.3 Å². The third-order valence-corrected chi connectivity index (χ3v) is 5.96. The maximum Gasteiger partial charge on any atom is 0.314 e. The zero-order valence-corrected chi connectivity index (χ0v) is 20.4. The van der Waals surface area contributed by atoms with Gasteiger partial charge in [-0.3, -0.25) is 0 Å². The number of carbonyl (C=O) groups is 2. The van der Waals surface area contributed by atoms with Crippen LogP contribution in [0.5, 0.6) is 0 Å². The van der Waals surface area contributed by atoms with Crippen LogP contribution in [-0.2, 0) is 0 Å². The first-order chi connectivity index (χ1) is 14.5. The quantitative estimate of drug-likeness (QED) is 0.220. The summed E-state index contributed by atoms with van der Waals surface area (Å²) in [5, 5.41) is 11.9. The second-order valence-corrected chi connectivity index (χ2v) is 8.81. The maximum atomic E-state index is 12.0. The molecule has 0 saturated carbocycles. The molecule has 6 nitrogen and oxygen atoms in total. The van der Waals surface area contributed by atoms with E-state index in [0.717, 1.165) is 38.8 Å². The lowest BCUT2D eigenvalue weighted by Crippen LogP contribution is -2.40. The third-order valence-electron chi connectivity index (χ3n) is 5.96. The number of hydrogen-bond acceptors (Lipinski definition) is 2. The normalized spacial score (nSPS) is 13.9. The van der Waals surface area contributed by atoms with Crippen molar-refractivity contribution in [1.82, 2.24) is 21.3 Å². The van der Waals surface area contributed by atoms with Crippen molar-refractivity contribution in [1.29, 1.82) is 0 Å². The monoisotopic (exact) mass is 426 g/mol. The predicted molar refractivity (Wildman–Crippen MR) is 128 cm³/mol. The predicted octanol–water partition coefficient (Wildman–Crippen LogP) is 5.43. The lowest BCUT2D eigenvalue weighted by Gasteiger charge is -2.17. The maximum absolute atomic E-state index is 12.0. The summed E-state index contributed by atoms with van der Waals surface area (Å²) in [6.07, 6.45) is 11.3. The molecule has 0 radical (unpaired) electrons. The van der Waals surface area contributed by atoms with Crippen molar-refractivity contribution in [2.45, 2.75) is 98.8 Å². The first-order valence-corrected chi connectivity index (χ1v) is 12.5. The van der Waals surface area contributed by atoms with Gasteiger partial charge in [0.2, 0.25) is 0 Å². The summed E-state index contributed by atoms with van der Waals surface area (Å²) in [4.78, 5) is 23.9. The van der Waals surface area contributed by atoms with Crippen molar-refractivity contribution >= 4 is 12.1 Å². The van der Waals surface area contributed by atoms with Crippen LogP contribution in [0.25, 0.3) is 0 Å². The summed E-state index contributed by atoms with van der Waals surface area (Å²) in [7, 11) is 0. The van der Waals surface area contributed by atoms with Gasteiger partial charge in [0.05, 0.1) is 0 Å². The minimum absolute atomic E-state index is 0.0661. The van der Waals surface area contributed by atoms with Crippen LogP contribution in [0.2, 0.25) is 0 Å². The number of rotatable bonds is 18. The Morgan fingerprint density at radius 2 is 1.10 bits per heavy atom. The van der Waals surface area contributed by atoms with Gasteiger partial charge in [-0.1, -0.05) is 73.1 Å². The van der Waals surface area contributed by atoms with E-state index in [1.807, 2.05) is 0 Å². The average Bonchev–Trinajstić information content (AvgIpc) is 2.75. The Balaban J connectivity index is 3.77. The topological polar surface area (TPSA) is 82.3 Å². The number of amides is 4. The number of carbonyl (C=O) groups excluding carboxylic acids is 2. The van der Waals surface area contributed by atoms with Crippen LogP contribution in [0.3, 0.4) is 0 Å². The van der Waals surface area contributed by atoms with Crippen molar-refractivity contribution in [3.63, 3.8) is 0 Å². The number of urea groups is 2. The highest BCUT2D eigenvalue weighted by Gasteiger charge is 2.10. The van der Waals surface area contributed by atoms with E-state index in [4.69, 9.17) is 0 Å². The highest BCUT2D eigenvalue weighted by molar-refractivity contribution is 5.74. The van der Waals surface area contributed by atoms with Gasteiger partial charge in [-0.2, -0.15) is 0 Å². The molecule has 3 unspecified atom stereocenters. The SMILES string of the molecule is CCCCC(CC)CNC(=O)NCCCC(C)CNC(=O)NCC(CC)CCCC. The minimum atomic E-state index is -0.0668. The summed E-state index contributed by atoms with van der Waals surface area (Å²) in [6, 6.07) is -0.133. The van der Waals surface area contributed by atoms with Gasteiger partial charge >= 0.3 is 12.1 Å². The zero-order chi connectivity index (χ0) is 22.6. The van der Waals surface area contributed by atoms with Crippen molar-refractivity contribution < 1.29 is 9.59 Å². The van der Waals surface area contributed by atoms with Gasteiger partial charge in [0.25, 0.3) is 0 Å². The standard InChI is InChI=1S/C24H50N4O2/c1-6-10-14-21(8-3)18-27-23(29)25-16-12-13-20(5)17-26-24(30)28-19-22(9-4)15-11-7-2/h20-22H,6-19H2,1-5H3,(H2,25,27,29)(H2,26,28,30). The van der Waals surface area contributed by atoms with Crippen molar-refractivity contribution in [3.8, 4) is 0 Å². The van der Waals surface area contributed by atoms with Crippen LogP contribution >= 0.6 is 0 Å². The molecule has 0 saturated heterocycles. The lowest BCUT2D eigenvalue weighted by molar-refractivity contribution is 0.236. The Morgan fingerprint density at radius 3 is 1.57 bits per heavy atom. The molecule has 0 bridgehead atoms. The molecule has 0 aromatic heterocycles. The van der Waals surface area contributed by atoms with Gasteiger partial charge in [0.15, 0.2) is 0 Å². The third kappa shape index (κ3) is 16.3. The largest absolute Gasteiger partial charge is 0.338 e. The molecule has 4 N–H and O–H groups in total. The summed E-state index contributed by atoms with van der Waals surface area (Å²) in [5.74, 6) is 1.54. The van der Waals surface area contributed by atoms with Crippen LogP contribution in [0, 0.1) is 17.8 Å². The van der Waals surface area contributed by atoms with Crippen LogP contribution in [0.1, 0.15) is 98.8 Å². The fraction of sp³-hybridized carbons (Fsp3) is 0.917. The molecule has 3 atom stereocenters. The molecule has 6 heteroatoms. The number of unbranched alkanes of at least 4 members (excludes halogenated alkanes) is 2. The summed E-state index contributed by atoms with van der Waals surface area (Å²) in [6.45, 7) is 13.8. The Bertz CT molecular complexity index is 431. The van der Waals surface area contributed by atoms with Crippen LogP contribution in [0.15, 0.2) is 0 Å². The van der Waals surface area contributed by atoms with Gasteiger partial charge in [-0.15, -0.1) is 0 Å². The van der Waals surface area contributed by atoms with E-state index in [9.17, 15) is 9.59 Å². The molecule has 0 aliphatic heterocycles.